The number of fused-ring (bicyclic) bond motifs is 1. The van der Waals surface area contributed by atoms with E-state index >= 15 is 0 Å². The molecule has 9 heteroatoms. The maximum atomic E-state index is 12.5. The van der Waals surface area contributed by atoms with E-state index in [1.807, 2.05) is 49.4 Å². The van der Waals surface area contributed by atoms with Crippen LogP contribution in [0.25, 0.3) is 22.4 Å². The van der Waals surface area contributed by atoms with Gasteiger partial charge in [-0.25, -0.2) is 9.97 Å². The van der Waals surface area contributed by atoms with E-state index in [9.17, 15) is 4.79 Å². The van der Waals surface area contributed by atoms with Crippen LogP contribution in [0.4, 0.5) is 11.5 Å². The predicted octanol–water partition coefficient (Wildman–Crippen LogP) is 5.83. The highest BCUT2D eigenvalue weighted by Crippen LogP contribution is 2.41. The van der Waals surface area contributed by atoms with E-state index in [1.54, 1.807) is 39.0 Å². The molecule has 0 unspecified atom stereocenters. The van der Waals surface area contributed by atoms with Crippen LogP contribution in [0.5, 0.6) is 17.2 Å². The molecule has 1 saturated carbocycles. The number of aromatic nitrogens is 2. The van der Waals surface area contributed by atoms with Crippen molar-refractivity contribution < 1.29 is 19.0 Å². The first-order valence-electron chi connectivity index (χ1n) is 11.9. The van der Waals surface area contributed by atoms with Crippen LogP contribution in [-0.2, 0) is 0 Å². The first kappa shape index (κ1) is 24.6. The molecule has 4 aromatic rings. The van der Waals surface area contributed by atoms with Crippen LogP contribution in [0.3, 0.4) is 0 Å². The number of carbonyl (C=O) groups excluding carboxylic acids is 1. The Bertz CT molecular complexity index is 1470. The average molecular weight is 517 g/mol. The maximum Gasteiger partial charge on any atom is 0.251 e. The Labute approximate surface area is 219 Å². The zero-order chi connectivity index (χ0) is 25.9. The topological polar surface area (TPSA) is 94.6 Å². The Morgan fingerprint density at radius 2 is 1.73 bits per heavy atom. The van der Waals surface area contributed by atoms with E-state index in [4.69, 9.17) is 14.2 Å². The number of benzene rings is 2. The van der Waals surface area contributed by atoms with Crippen molar-refractivity contribution in [2.24, 2.45) is 0 Å². The summed E-state index contributed by atoms with van der Waals surface area (Å²) in [7, 11) is 4.74. The predicted molar refractivity (Wildman–Crippen MR) is 147 cm³/mol. The number of amides is 1. The largest absolute Gasteiger partial charge is 0.493 e. The molecule has 0 aliphatic heterocycles. The summed E-state index contributed by atoms with van der Waals surface area (Å²) in [5.74, 6) is 2.28. The van der Waals surface area contributed by atoms with E-state index < -0.39 is 0 Å². The highest BCUT2D eigenvalue weighted by Gasteiger charge is 2.24. The van der Waals surface area contributed by atoms with Crippen molar-refractivity contribution in [3.63, 3.8) is 0 Å². The van der Waals surface area contributed by atoms with Crippen LogP contribution >= 0.6 is 11.3 Å². The zero-order valence-electron chi connectivity index (χ0n) is 21.1. The lowest BCUT2D eigenvalue weighted by Crippen LogP contribution is -2.25. The standard InChI is InChI=1S/C28H28N4O4S/c1-16-5-6-18(28(33)32-20-9-10-20)11-17(16)7-8-19-14-37-26-24(19)29-15-30-27(26)31-21-12-22(34-2)25(36-4)23(13-21)35-3/h5-8,11-15,20H,9-10H2,1-4H3,(H,32,33)(H,29,30,31)/b8-7+. The molecule has 2 aromatic heterocycles. The SMILES string of the molecule is COc1cc(Nc2ncnc3c(/C=C/c4cc(C(=O)NC5CC5)ccc4C)csc23)cc(OC)c1OC. The molecule has 2 aromatic carbocycles. The normalized spacial score (nSPS) is 13.1. The molecular weight excluding hydrogens is 488 g/mol. The lowest BCUT2D eigenvalue weighted by atomic mass is 10.0. The van der Waals surface area contributed by atoms with Crippen LogP contribution in [0.2, 0.25) is 0 Å². The number of carbonyl (C=O) groups is 1. The van der Waals surface area contributed by atoms with Crippen LogP contribution in [0, 0.1) is 6.92 Å². The molecule has 1 amide bonds. The van der Waals surface area contributed by atoms with Gasteiger partial charge in [0.05, 0.1) is 31.5 Å². The van der Waals surface area contributed by atoms with Gasteiger partial charge < -0.3 is 24.8 Å². The van der Waals surface area contributed by atoms with Gasteiger partial charge in [0.15, 0.2) is 17.3 Å². The third kappa shape index (κ3) is 5.22. The smallest absolute Gasteiger partial charge is 0.251 e. The van der Waals surface area contributed by atoms with Crippen molar-refractivity contribution in [2.45, 2.75) is 25.8 Å². The van der Waals surface area contributed by atoms with Gasteiger partial charge in [-0.3, -0.25) is 4.79 Å². The van der Waals surface area contributed by atoms with Gasteiger partial charge in [-0.2, -0.15) is 0 Å². The number of nitrogens with zero attached hydrogens (tertiary/aromatic N) is 2. The Kier molecular flexibility index (Phi) is 6.96. The third-order valence-electron chi connectivity index (χ3n) is 6.20. The minimum absolute atomic E-state index is 0.0200. The van der Waals surface area contributed by atoms with Crippen molar-refractivity contribution in [1.29, 1.82) is 0 Å². The number of aryl methyl sites for hydroxylation is 1. The second-order valence-corrected chi connectivity index (χ2v) is 9.66. The summed E-state index contributed by atoms with van der Waals surface area (Å²) in [5, 5.41) is 8.46. The number of nitrogens with one attached hydrogen (secondary N) is 2. The van der Waals surface area contributed by atoms with Gasteiger partial charge in [0, 0.05) is 40.4 Å². The summed E-state index contributed by atoms with van der Waals surface area (Å²) in [6.45, 7) is 2.04. The van der Waals surface area contributed by atoms with Crippen molar-refractivity contribution in [1.82, 2.24) is 15.3 Å². The molecule has 0 bridgehead atoms. The molecule has 0 radical (unpaired) electrons. The molecule has 0 saturated heterocycles. The Hall–Kier alpha value is -4.11. The van der Waals surface area contributed by atoms with Gasteiger partial charge in [0.1, 0.15) is 6.33 Å². The summed E-state index contributed by atoms with van der Waals surface area (Å²) in [5.41, 5.74) is 5.32. The van der Waals surface area contributed by atoms with Crippen molar-refractivity contribution in [2.75, 3.05) is 26.6 Å². The molecule has 1 aliphatic rings. The zero-order valence-corrected chi connectivity index (χ0v) is 21.9. The van der Waals surface area contributed by atoms with Crippen molar-refractivity contribution >= 4 is 51.1 Å². The molecule has 1 fully saturated rings. The van der Waals surface area contributed by atoms with Gasteiger partial charge in [-0.05, 0) is 43.0 Å². The molecule has 0 spiro atoms. The molecule has 0 atom stereocenters. The van der Waals surface area contributed by atoms with Crippen LogP contribution in [0.1, 0.15) is 39.9 Å². The summed E-state index contributed by atoms with van der Waals surface area (Å²) in [4.78, 5) is 21.5. The summed E-state index contributed by atoms with van der Waals surface area (Å²) in [6, 6.07) is 9.78. The fraction of sp³-hybridized carbons (Fsp3) is 0.250. The first-order chi connectivity index (χ1) is 18.0. The maximum absolute atomic E-state index is 12.5. The molecule has 2 heterocycles. The number of rotatable bonds is 9. The van der Waals surface area contributed by atoms with Crippen LogP contribution in [0.15, 0.2) is 42.0 Å². The Morgan fingerprint density at radius 1 is 1.00 bits per heavy atom. The molecule has 190 valence electrons. The molecule has 8 nitrogen and oxygen atoms in total. The lowest BCUT2D eigenvalue weighted by molar-refractivity contribution is 0.0951. The molecular formula is C28H28N4O4S. The Balaban J connectivity index is 1.42. The third-order valence-corrected chi connectivity index (χ3v) is 7.20. The molecule has 37 heavy (non-hydrogen) atoms. The first-order valence-corrected chi connectivity index (χ1v) is 12.8. The van der Waals surface area contributed by atoms with E-state index in [-0.39, 0.29) is 5.91 Å². The molecule has 5 rings (SSSR count). The number of ether oxygens (including phenoxy) is 3. The van der Waals surface area contributed by atoms with Crippen molar-refractivity contribution in [3.05, 3.63) is 64.3 Å². The quantitative estimate of drug-likeness (QED) is 0.289. The van der Waals surface area contributed by atoms with Crippen LogP contribution < -0.4 is 24.8 Å². The average Bonchev–Trinajstić information content (AvgIpc) is 3.63. The van der Waals surface area contributed by atoms with Crippen LogP contribution in [-0.4, -0.2) is 43.2 Å². The van der Waals surface area contributed by atoms with E-state index in [2.05, 4.69) is 26.0 Å². The highest BCUT2D eigenvalue weighted by molar-refractivity contribution is 7.18. The van der Waals surface area contributed by atoms with Gasteiger partial charge in [-0.15, -0.1) is 11.3 Å². The molecule has 2 N–H and O–H groups in total. The van der Waals surface area contributed by atoms with E-state index in [1.165, 1.54) is 0 Å². The minimum Gasteiger partial charge on any atom is -0.493 e. The molecule has 1 aliphatic carbocycles. The second kappa shape index (κ2) is 10.5. The van der Waals surface area contributed by atoms with Gasteiger partial charge in [0.2, 0.25) is 5.75 Å². The highest BCUT2D eigenvalue weighted by atomic mass is 32.1. The fourth-order valence-corrected chi connectivity index (χ4v) is 4.94. The second-order valence-electron chi connectivity index (χ2n) is 8.78. The van der Waals surface area contributed by atoms with Gasteiger partial charge >= 0.3 is 0 Å². The minimum atomic E-state index is -0.0200. The van der Waals surface area contributed by atoms with Crippen molar-refractivity contribution in [3.8, 4) is 17.2 Å². The summed E-state index contributed by atoms with van der Waals surface area (Å²) in [6.07, 6.45) is 7.72. The van der Waals surface area contributed by atoms with Gasteiger partial charge in [-0.1, -0.05) is 18.2 Å². The number of anilines is 2. The summed E-state index contributed by atoms with van der Waals surface area (Å²) >= 11 is 1.56. The fourth-order valence-electron chi connectivity index (χ4n) is 4.00. The van der Waals surface area contributed by atoms with E-state index in [0.717, 1.165) is 45.4 Å². The lowest BCUT2D eigenvalue weighted by Gasteiger charge is -2.15. The number of thiophene rings is 1. The summed E-state index contributed by atoms with van der Waals surface area (Å²) < 4.78 is 17.3. The monoisotopic (exact) mass is 516 g/mol. The number of hydrogen-bond donors (Lipinski definition) is 2. The Morgan fingerprint density at radius 3 is 2.41 bits per heavy atom. The van der Waals surface area contributed by atoms with E-state index in [0.29, 0.717) is 34.7 Å². The number of methoxy groups -OCH3 is 3. The van der Waals surface area contributed by atoms with Gasteiger partial charge in [0.25, 0.3) is 5.91 Å². The number of hydrogen-bond acceptors (Lipinski definition) is 8.